The normalized spacial score (nSPS) is 10.1. The van der Waals surface area contributed by atoms with Gasteiger partial charge >= 0.3 is 0 Å². The standard InChI is InChI=1S/C19H15N3OS/c20-11-15-4-6-17(7-5-15)19(23)22(12-16-8-10-24-14-16)13-18-3-1-2-9-21-18/h1-10,14H,12-13H2. The Bertz CT molecular complexity index is 837. The van der Waals surface area contributed by atoms with E-state index >= 15 is 0 Å². The molecular weight excluding hydrogens is 318 g/mol. The van der Waals surface area contributed by atoms with E-state index in [2.05, 4.69) is 11.1 Å². The van der Waals surface area contributed by atoms with E-state index in [4.69, 9.17) is 5.26 Å². The van der Waals surface area contributed by atoms with Crippen molar-refractivity contribution in [2.75, 3.05) is 0 Å². The van der Waals surface area contributed by atoms with Gasteiger partial charge in [-0.15, -0.1) is 0 Å². The van der Waals surface area contributed by atoms with Crippen LogP contribution >= 0.6 is 11.3 Å². The molecule has 0 bridgehead atoms. The highest BCUT2D eigenvalue weighted by molar-refractivity contribution is 7.07. The molecule has 0 spiro atoms. The fraction of sp³-hybridized carbons (Fsp3) is 0.105. The van der Waals surface area contributed by atoms with Crippen LogP contribution in [-0.4, -0.2) is 15.8 Å². The number of carbonyl (C=O) groups excluding carboxylic acids is 1. The van der Waals surface area contributed by atoms with E-state index in [1.807, 2.05) is 35.0 Å². The van der Waals surface area contributed by atoms with Crippen molar-refractivity contribution in [1.82, 2.24) is 9.88 Å². The minimum atomic E-state index is -0.0728. The zero-order valence-electron chi connectivity index (χ0n) is 12.9. The number of carbonyl (C=O) groups is 1. The second-order valence-corrected chi connectivity index (χ2v) is 6.08. The van der Waals surface area contributed by atoms with Crippen LogP contribution in [0.2, 0.25) is 0 Å². The van der Waals surface area contributed by atoms with Gasteiger partial charge in [0.25, 0.3) is 5.91 Å². The quantitative estimate of drug-likeness (QED) is 0.712. The van der Waals surface area contributed by atoms with E-state index in [0.717, 1.165) is 11.3 Å². The molecule has 0 saturated heterocycles. The Kier molecular flexibility index (Phi) is 4.99. The zero-order valence-corrected chi connectivity index (χ0v) is 13.7. The summed E-state index contributed by atoms with van der Waals surface area (Å²) >= 11 is 1.61. The lowest BCUT2D eigenvalue weighted by Gasteiger charge is -2.22. The molecule has 0 radical (unpaired) electrons. The Hall–Kier alpha value is -2.97. The molecule has 24 heavy (non-hydrogen) atoms. The summed E-state index contributed by atoms with van der Waals surface area (Å²) in [4.78, 5) is 19.0. The van der Waals surface area contributed by atoms with Crippen LogP contribution in [0.3, 0.4) is 0 Å². The van der Waals surface area contributed by atoms with Gasteiger partial charge in [-0.2, -0.15) is 16.6 Å². The first kappa shape index (κ1) is 15.9. The third-order valence-corrected chi connectivity index (χ3v) is 4.31. The monoisotopic (exact) mass is 333 g/mol. The second kappa shape index (κ2) is 7.53. The number of hydrogen-bond acceptors (Lipinski definition) is 4. The highest BCUT2D eigenvalue weighted by atomic mass is 32.1. The maximum atomic E-state index is 12.9. The number of hydrogen-bond donors (Lipinski definition) is 0. The lowest BCUT2D eigenvalue weighted by Crippen LogP contribution is -2.30. The number of pyridine rings is 1. The van der Waals surface area contributed by atoms with Crippen LogP contribution in [0.15, 0.2) is 65.5 Å². The summed E-state index contributed by atoms with van der Waals surface area (Å²) in [6, 6.07) is 16.5. The third-order valence-electron chi connectivity index (χ3n) is 3.58. The van der Waals surface area contributed by atoms with Crippen LogP contribution in [0, 0.1) is 11.3 Å². The van der Waals surface area contributed by atoms with Crippen molar-refractivity contribution in [2.24, 2.45) is 0 Å². The molecule has 1 amide bonds. The van der Waals surface area contributed by atoms with E-state index in [1.54, 1.807) is 46.7 Å². The van der Waals surface area contributed by atoms with Crippen LogP contribution < -0.4 is 0 Å². The van der Waals surface area contributed by atoms with Gasteiger partial charge in [0.2, 0.25) is 0 Å². The lowest BCUT2D eigenvalue weighted by molar-refractivity contribution is 0.0728. The summed E-state index contributed by atoms with van der Waals surface area (Å²) in [7, 11) is 0. The summed E-state index contributed by atoms with van der Waals surface area (Å²) in [6.45, 7) is 0.967. The highest BCUT2D eigenvalue weighted by Crippen LogP contribution is 2.15. The number of nitriles is 1. The second-order valence-electron chi connectivity index (χ2n) is 5.30. The van der Waals surface area contributed by atoms with Gasteiger partial charge in [-0.3, -0.25) is 9.78 Å². The molecule has 4 nitrogen and oxygen atoms in total. The van der Waals surface area contributed by atoms with Gasteiger partial charge in [-0.05, 0) is 58.8 Å². The summed E-state index contributed by atoms with van der Waals surface area (Å²) in [6.07, 6.45) is 1.73. The molecular formula is C19H15N3OS. The number of benzene rings is 1. The minimum absolute atomic E-state index is 0.0728. The van der Waals surface area contributed by atoms with Gasteiger partial charge in [0.05, 0.1) is 23.9 Å². The molecule has 0 aliphatic rings. The van der Waals surface area contributed by atoms with Gasteiger partial charge in [0.15, 0.2) is 0 Å². The molecule has 0 unspecified atom stereocenters. The van der Waals surface area contributed by atoms with Crippen molar-refractivity contribution in [3.8, 4) is 6.07 Å². The number of thiophene rings is 1. The van der Waals surface area contributed by atoms with Crippen LogP contribution in [0.4, 0.5) is 0 Å². The Balaban J connectivity index is 1.84. The molecule has 5 heteroatoms. The van der Waals surface area contributed by atoms with Crippen molar-refractivity contribution >= 4 is 17.2 Å². The lowest BCUT2D eigenvalue weighted by atomic mass is 10.1. The van der Waals surface area contributed by atoms with Gasteiger partial charge in [-0.1, -0.05) is 6.07 Å². The SMILES string of the molecule is N#Cc1ccc(C(=O)N(Cc2ccsc2)Cc2ccccn2)cc1. The summed E-state index contributed by atoms with van der Waals surface area (Å²) in [5, 5.41) is 12.9. The molecule has 3 aromatic rings. The Morgan fingerprint density at radius 3 is 2.58 bits per heavy atom. The number of rotatable bonds is 5. The molecule has 0 aliphatic heterocycles. The van der Waals surface area contributed by atoms with Crippen LogP contribution in [0.1, 0.15) is 27.2 Å². The van der Waals surface area contributed by atoms with Gasteiger partial charge < -0.3 is 4.90 Å². The first-order chi connectivity index (χ1) is 11.8. The molecule has 2 heterocycles. The molecule has 0 saturated carbocycles. The van der Waals surface area contributed by atoms with E-state index < -0.39 is 0 Å². The summed E-state index contributed by atoms with van der Waals surface area (Å²) in [5.41, 5.74) is 3.05. The van der Waals surface area contributed by atoms with Crippen molar-refractivity contribution in [1.29, 1.82) is 5.26 Å². The number of amides is 1. The van der Waals surface area contributed by atoms with Crippen molar-refractivity contribution in [3.63, 3.8) is 0 Å². The van der Waals surface area contributed by atoms with Crippen LogP contribution in [-0.2, 0) is 13.1 Å². The van der Waals surface area contributed by atoms with Gasteiger partial charge in [0.1, 0.15) is 0 Å². The first-order valence-corrected chi connectivity index (χ1v) is 8.41. The van der Waals surface area contributed by atoms with Crippen molar-refractivity contribution in [3.05, 3.63) is 87.9 Å². The molecule has 1 aromatic carbocycles. The first-order valence-electron chi connectivity index (χ1n) is 7.46. The molecule has 118 valence electrons. The number of nitrogens with zero attached hydrogens (tertiary/aromatic N) is 3. The highest BCUT2D eigenvalue weighted by Gasteiger charge is 2.17. The number of aromatic nitrogens is 1. The van der Waals surface area contributed by atoms with Gasteiger partial charge in [-0.25, -0.2) is 0 Å². The molecule has 0 atom stereocenters. The molecule has 2 aromatic heterocycles. The average Bonchev–Trinajstić information content (AvgIpc) is 3.15. The topological polar surface area (TPSA) is 57.0 Å². The minimum Gasteiger partial charge on any atom is -0.328 e. The fourth-order valence-corrected chi connectivity index (χ4v) is 3.02. The molecule has 0 fully saturated rings. The average molecular weight is 333 g/mol. The molecule has 3 rings (SSSR count). The van der Waals surface area contributed by atoms with E-state index in [1.165, 1.54) is 0 Å². The van der Waals surface area contributed by atoms with Gasteiger partial charge in [0, 0.05) is 18.3 Å². The molecule has 0 aliphatic carbocycles. The van der Waals surface area contributed by atoms with E-state index in [0.29, 0.717) is 24.2 Å². The van der Waals surface area contributed by atoms with E-state index in [9.17, 15) is 4.79 Å². The largest absolute Gasteiger partial charge is 0.328 e. The van der Waals surface area contributed by atoms with Crippen LogP contribution in [0.25, 0.3) is 0 Å². The summed E-state index contributed by atoms with van der Waals surface area (Å²) < 4.78 is 0. The summed E-state index contributed by atoms with van der Waals surface area (Å²) in [5.74, 6) is -0.0728. The molecule has 0 N–H and O–H groups in total. The Morgan fingerprint density at radius 1 is 1.12 bits per heavy atom. The smallest absolute Gasteiger partial charge is 0.254 e. The van der Waals surface area contributed by atoms with Crippen molar-refractivity contribution < 1.29 is 4.79 Å². The maximum absolute atomic E-state index is 12.9. The predicted octanol–water partition coefficient (Wildman–Crippen LogP) is 3.86. The predicted molar refractivity (Wildman–Crippen MR) is 93.3 cm³/mol. The van der Waals surface area contributed by atoms with Crippen LogP contribution in [0.5, 0.6) is 0 Å². The third kappa shape index (κ3) is 3.86. The van der Waals surface area contributed by atoms with E-state index in [-0.39, 0.29) is 5.91 Å². The maximum Gasteiger partial charge on any atom is 0.254 e. The van der Waals surface area contributed by atoms with Crippen molar-refractivity contribution in [2.45, 2.75) is 13.1 Å². The fourth-order valence-electron chi connectivity index (χ4n) is 2.36. The Morgan fingerprint density at radius 2 is 1.96 bits per heavy atom. The Labute approximate surface area is 144 Å². The zero-order chi connectivity index (χ0) is 16.8.